The fraction of sp³-hybridized carbons (Fsp3) is 0.429. The van der Waals surface area contributed by atoms with Crippen LogP contribution in [0.5, 0.6) is 0 Å². The van der Waals surface area contributed by atoms with Gasteiger partial charge in [0.05, 0.1) is 11.3 Å². The van der Waals surface area contributed by atoms with Crippen LogP contribution in [0.25, 0.3) is 0 Å². The number of aryl methyl sites for hydroxylation is 2. The third-order valence-electron chi connectivity index (χ3n) is 5.67. The molecule has 0 spiro atoms. The van der Waals surface area contributed by atoms with E-state index in [1.807, 2.05) is 32.0 Å². The molecule has 1 fully saturated rings. The van der Waals surface area contributed by atoms with Gasteiger partial charge in [0.2, 0.25) is 0 Å². The first-order valence-corrected chi connectivity index (χ1v) is 9.35. The summed E-state index contributed by atoms with van der Waals surface area (Å²) in [6.45, 7) is 6.08. The summed E-state index contributed by atoms with van der Waals surface area (Å²) in [4.78, 5) is 0. The van der Waals surface area contributed by atoms with Crippen LogP contribution >= 0.6 is 0 Å². The van der Waals surface area contributed by atoms with E-state index in [2.05, 4.69) is 22.0 Å². The second kappa shape index (κ2) is 6.75. The van der Waals surface area contributed by atoms with Crippen LogP contribution in [0.4, 0.5) is 24.5 Å². The summed E-state index contributed by atoms with van der Waals surface area (Å²) < 4.78 is 41.1. The lowest BCUT2D eigenvalue weighted by atomic mass is 9.89. The molecule has 2 heterocycles. The molecule has 3 nitrogen and oxygen atoms in total. The maximum Gasteiger partial charge on any atom is 0.418 e. The minimum atomic E-state index is -4.38. The Bertz CT molecular complexity index is 860. The highest BCUT2D eigenvalue weighted by atomic mass is 19.4. The average Bonchev–Trinajstić information content (AvgIpc) is 2.99. The molecule has 2 atom stereocenters. The third-order valence-corrected chi connectivity index (χ3v) is 5.67. The molecule has 0 bridgehead atoms. The van der Waals surface area contributed by atoms with Crippen molar-refractivity contribution in [2.75, 3.05) is 23.7 Å². The van der Waals surface area contributed by atoms with E-state index in [4.69, 9.17) is 0 Å². The minimum absolute atomic E-state index is 0.0802. The number of anilines is 2. The molecule has 6 heteroatoms. The number of hydrogen-bond acceptors (Lipinski definition) is 3. The van der Waals surface area contributed by atoms with Crippen molar-refractivity contribution in [1.29, 1.82) is 0 Å². The van der Waals surface area contributed by atoms with Crippen LogP contribution in [0.2, 0.25) is 0 Å². The molecule has 3 N–H and O–H groups in total. The number of nitrogens with one attached hydrogen (secondary N) is 3. The quantitative estimate of drug-likeness (QED) is 0.721. The molecule has 0 saturated carbocycles. The molecule has 0 radical (unpaired) electrons. The Kier molecular flexibility index (Phi) is 4.54. The van der Waals surface area contributed by atoms with E-state index < -0.39 is 11.7 Å². The molecule has 27 heavy (non-hydrogen) atoms. The van der Waals surface area contributed by atoms with Gasteiger partial charge in [0.25, 0.3) is 0 Å². The molecule has 0 aromatic heterocycles. The van der Waals surface area contributed by atoms with Gasteiger partial charge in [-0.05, 0) is 55.6 Å². The summed E-state index contributed by atoms with van der Waals surface area (Å²) in [5, 5.41) is 9.66. The van der Waals surface area contributed by atoms with Crippen LogP contribution in [-0.2, 0) is 12.7 Å². The summed E-state index contributed by atoms with van der Waals surface area (Å²) in [6, 6.07) is 9.36. The Morgan fingerprint density at radius 2 is 1.96 bits per heavy atom. The Hall–Kier alpha value is -2.21. The summed E-state index contributed by atoms with van der Waals surface area (Å²) in [6.07, 6.45) is -3.54. The Labute approximate surface area is 157 Å². The molecule has 144 valence electrons. The summed E-state index contributed by atoms with van der Waals surface area (Å²) in [5.41, 5.74) is 4.35. The number of fused-ring (bicyclic) bond motifs is 3. The van der Waals surface area contributed by atoms with Crippen molar-refractivity contribution < 1.29 is 13.2 Å². The van der Waals surface area contributed by atoms with Crippen LogP contribution in [0, 0.1) is 13.8 Å². The van der Waals surface area contributed by atoms with Gasteiger partial charge in [-0.25, -0.2) is 0 Å². The van der Waals surface area contributed by atoms with Crippen LogP contribution in [0.15, 0.2) is 30.3 Å². The van der Waals surface area contributed by atoms with Crippen molar-refractivity contribution in [1.82, 2.24) is 5.32 Å². The van der Waals surface area contributed by atoms with Gasteiger partial charge in [-0.2, -0.15) is 13.2 Å². The van der Waals surface area contributed by atoms with E-state index in [1.165, 1.54) is 6.07 Å². The second-order valence-electron chi connectivity index (χ2n) is 7.62. The zero-order valence-electron chi connectivity index (χ0n) is 15.5. The molecule has 2 aromatic carbocycles. The largest absolute Gasteiger partial charge is 0.418 e. The van der Waals surface area contributed by atoms with Crippen molar-refractivity contribution in [3.8, 4) is 0 Å². The predicted molar refractivity (Wildman–Crippen MR) is 102 cm³/mol. The number of hydrogen-bond donors (Lipinski definition) is 3. The summed E-state index contributed by atoms with van der Waals surface area (Å²) >= 11 is 0. The van der Waals surface area contributed by atoms with Crippen molar-refractivity contribution in [2.24, 2.45) is 0 Å². The molecule has 2 aromatic rings. The second-order valence-corrected chi connectivity index (χ2v) is 7.62. The molecule has 4 rings (SSSR count). The SMILES string of the molecule is Cc1ccc(C)c(CNc2cc3c(c(C(F)(F)F)c2)NC2CCNCC32)c1. The standard InChI is InChI=1S/C21H24F3N3/c1-12-3-4-13(2)14(7-12)10-26-15-8-16-17-11-25-6-5-19(17)27-20(16)18(9-15)21(22,23)24/h3-4,7-9,17,19,25-27H,5-6,10-11H2,1-2H3. The lowest BCUT2D eigenvalue weighted by molar-refractivity contribution is -0.136. The number of rotatable bonds is 3. The first-order valence-electron chi connectivity index (χ1n) is 9.35. The lowest BCUT2D eigenvalue weighted by Crippen LogP contribution is -2.38. The molecule has 2 unspecified atom stereocenters. The first-order chi connectivity index (χ1) is 12.8. The Morgan fingerprint density at radius 3 is 2.74 bits per heavy atom. The van der Waals surface area contributed by atoms with Crippen molar-refractivity contribution in [3.63, 3.8) is 0 Å². The van der Waals surface area contributed by atoms with Gasteiger partial charge in [-0.1, -0.05) is 23.8 Å². The van der Waals surface area contributed by atoms with Gasteiger partial charge < -0.3 is 16.0 Å². The summed E-state index contributed by atoms with van der Waals surface area (Å²) in [5.74, 6) is 0.0808. The van der Waals surface area contributed by atoms with E-state index in [1.54, 1.807) is 0 Å². The van der Waals surface area contributed by atoms with Gasteiger partial charge in [-0.15, -0.1) is 0 Å². The molecule has 2 aliphatic heterocycles. The van der Waals surface area contributed by atoms with Gasteiger partial charge >= 0.3 is 6.18 Å². The first kappa shape index (κ1) is 18.2. The van der Waals surface area contributed by atoms with Crippen molar-refractivity contribution in [2.45, 2.75) is 44.9 Å². The highest BCUT2D eigenvalue weighted by molar-refractivity contribution is 5.71. The molecule has 1 saturated heterocycles. The highest BCUT2D eigenvalue weighted by Crippen LogP contribution is 2.47. The van der Waals surface area contributed by atoms with E-state index in [9.17, 15) is 13.2 Å². The number of halogens is 3. The van der Waals surface area contributed by atoms with Gasteiger partial charge in [-0.3, -0.25) is 0 Å². The Morgan fingerprint density at radius 1 is 1.15 bits per heavy atom. The third kappa shape index (κ3) is 3.50. The zero-order chi connectivity index (χ0) is 19.2. The number of benzene rings is 2. The lowest BCUT2D eigenvalue weighted by Gasteiger charge is -2.26. The molecule has 0 aliphatic carbocycles. The molecule has 0 amide bonds. The monoisotopic (exact) mass is 375 g/mol. The van der Waals surface area contributed by atoms with Gasteiger partial charge in [0, 0.05) is 30.7 Å². The number of alkyl halides is 3. The van der Waals surface area contributed by atoms with Crippen LogP contribution in [-0.4, -0.2) is 19.1 Å². The van der Waals surface area contributed by atoms with Gasteiger partial charge in [0.1, 0.15) is 0 Å². The van der Waals surface area contributed by atoms with E-state index in [0.717, 1.165) is 35.2 Å². The van der Waals surface area contributed by atoms with Crippen LogP contribution < -0.4 is 16.0 Å². The maximum atomic E-state index is 13.7. The highest BCUT2D eigenvalue weighted by Gasteiger charge is 2.42. The molecular weight excluding hydrogens is 351 g/mol. The smallest absolute Gasteiger partial charge is 0.381 e. The fourth-order valence-electron chi connectivity index (χ4n) is 4.18. The molecular formula is C21H24F3N3. The van der Waals surface area contributed by atoms with Crippen molar-refractivity contribution >= 4 is 11.4 Å². The Balaban J connectivity index is 1.67. The number of piperidine rings is 1. The fourth-order valence-corrected chi connectivity index (χ4v) is 4.18. The van der Waals surface area contributed by atoms with Crippen LogP contribution in [0.3, 0.4) is 0 Å². The maximum absolute atomic E-state index is 13.7. The van der Waals surface area contributed by atoms with Crippen LogP contribution in [0.1, 0.15) is 40.2 Å². The molecule has 2 aliphatic rings. The predicted octanol–water partition coefficient (Wildman–Crippen LogP) is 4.81. The van der Waals surface area contributed by atoms with E-state index in [-0.39, 0.29) is 17.6 Å². The van der Waals surface area contributed by atoms with Crippen molar-refractivity contribution in [3.05, 3.63) is 58.1 Å². The topological polar surface area (TPSA) is 36.1 Å². The average molecular weight is 375 g/mol. The minimum Gasteiger partial charge on any atom is -0.381 e. The van der Waals surface area contributed by atoms with E-state index in [0.29, 0.717) is 18.8 Å². The van der Waals surface area contributed by atoms with E-state index >= 15 is 0 Å². The van der Waals surface area contributed by atoms with Gasteiger partial charge in [0.15, 0.2) is 0 Å². The zero-order valence-corrected chi connectivity index (χ0v) is 15.5. The summed E-state index contributed by atoms with van der Waals surface area (Å²) in [7, 11) is 0. The normalized spacial score (nSPS) is 21.4.